The molecule has 0 aliphatic rings. The van der Waals surface area contributed by atoms with E-state index in [2.05, 4.69) is 13.8 Å². The summed E-state index contributed by atoms with van der Waals surface area (Å²) in [6.45, 7) is 5.66. The van der Waals surface area contributed by atoms with Crippen molar-refractivity contribution in [3.63, 3.8) is 0 Å². The Morgan fingerprint density at radius 1 is 0.389 bits per heavy atom. The summed E-state index contributed by atoms with van der Waals surface area (Å²) in [5, 5.41) is 0. The summed E-state index contributed by atoms with van der Waals surface area (Å²) in [5.74, 6) is 0.341. The van der Waals surface area contributed by atoms with E-state index in [0.717, 1.165) is 51.4 Å². The molecule has 8 heteroatoms. The number of carbonyl (C=O) groups excluding carboxylic acids is 2. The second-order valence-electron chi connectivity index (χ2n) is 14.5. The smallest absolute Gasteiger partial charge is 0.311 e. The van der Waals surface area contributed by atoms with Crippen LogP contribution in [0.5, 0.6) is 23.0 Å². The summed E-state index contributed by atoms with van der Waals surface area (Å²) in [6.07, 6.45) is 27.6. The molecule has 0 heterocycles. The Kier molecular flexibility index (Phi) is 27.2. The fourth-order valence-electron chi connectivity index (χ4n) is 6.23. The largest absolute Gasteiger partial charge is 0.494 e. The highest BCUT2D eigenvalue weighted by atomic mass is 16.5. The van der Waals surface area contributed by atoms with Gasteiger partial charge in [0.25, 0.3) is 0 Å². The number of hydrogen-bond acceptors (Lipinski definition) is 8. The minimum absolute atomic E-state index is 0.0104. The van der Waals surface area contributed by atoms with Gasteiger partial charge >= 0.3 is 11.9 Å². The number of esters is 2. The fourth-order valence-corrected chi connectivity index (χ4v) is 6.23. The van der Waals surface area contributed by atoms with E-state index in [-0.39, 0.29) is 35.2 Å². The van der Waals surface area contributed by atoms with Gasteiger partial charge in [-0.1, -0.05) is 142 Å². The topological polar surface area (TPSA) is 105 Å². The highest BCUT2D eigenvalue weighted by Gasteiger charge is 2.10. The molecule has 0 saturated carbocycles. The molecule has 2 rings (SSSR count). The van der Waals surface area contributed by atoms with Gasteiger partial charge in [0.2, 0.25) is 10.9 Å². The average Bonchev–Trinajstić information content (AvgIpc) is 3.45. The third-order valence-corrected chi connectivity index (χ3v) is 9.57. The lowest BCUT2D eigenvalue weighted by Crippen LogP contribution is -2.12. The van der Waals surface area contributed by atoms with Gasteiger partial charge in [0.1, 0.15) is 11.5 Å². The predicted molar refractivity (Wildman–Crippen MR) is 219 cm³/mol. The van der Waals surface area contributed by atoms with E-state index in [1.807, 2.05) is 0 Å². The van der Waals surface area contributed by atoms with E-state index in [4.69, 9.17) is 18.9 Å². The van der Waals surface area contributed by atoms with Gasteiger partial charge in [0.15, 0.2) is 11.5 Å². The zero-order chi connectivity index (χ0) is 38.9. The summed E-state index contributed by atoms with van der Waals surface area (Å²) in [4.78, 5) is 49.6. The van der Waals surface area contributed by atoms with Crippen molar-refractivity contribution < 1.29 is 28.5 Å². The third-order valence-electron chi connectivity index (χ3n) is 9.57. The fraction of sp³-hybridized carbons (Fsp3) is 0.652. The standard InChI is InChI=1S/C46H70O8/c1-3-5-7-9-11-13-17-21-25-37-51-39-29-33-41(47)43(35-31-39)53-45(49)27-23-19-15-16-20-24-28-46(50)54-44-36-32-40(30-34-42(44)48)52-38-26-22-18-14-12-10-8-6-4-2/h29-36H,3-28,37-38H2,1-2H3. The molecule has 2 aromatic carbocycles. The number of unbranched alkanes of at least 4 members (excludes halogenated alkanes) is 21. The van der Waals surface area contributed by atoms with Gasteiger partial charge < -0.3 is 18.9 Å². The lowest BCUT2D eigenvalue weighted by molar-refractivity contribution is -0.135. The van der Waals surface area contributed by atoms with Gasteiger partial charge in [-0.3, -0.25) is 19.2 Å². The van der Waals surface area contributed by atoms with Crippen LogP contribution in [-0.4, -0.2) is 25.2 Å². The number of carbonyl (C=O) groups is 2. The van der Waals surface area contributed by atoms with E-state index < -0.39 is 11.9 Å². The molecular formula is C46H70O8. The summed E-state index contributed by atoms with van der Waals surface area (Å²) in [5.41, 5.74) is -0.712. The molecule has 8 nitrogen and oxygen atoms in total. The molecule has 0 amide bonds. The molecular weight excluding hydrogens is 680 g/mol. The summed E-state index contributed by atoms with van der Waals surface area (Å²) < 4.78 is 22.4. The normalized spacial score (nSPS) is 10.9. The Labute approximate surface area is 325 Å². The molecule has 0 saturated heterocycles. The van der Waals surface area contributed by atoms with Crippen LogP contribution in [0.1, 0.15) is 181 Å². The molecule has 0 fully saturated rings. The van der Waals surface area contributed by atoms with Crippen molar-refractivity contribution in [1.29, 1.82) is 0 Å². The lowest BCUT2D eigenvalue weighted by Gasteiger charge is -2.05. The van der Waals surface area contributed by atoms with Crippen molar-refractivity contribution in [3.05, 3.63) is 69.0 Å². The minimum Gasteiger partial charge on any atom is -0.494 e. The zero-order valence-corrected chi connectivity index (χ0v) is 33.7. The van der Waals surface area contributed by atoms with Crippen molar-refractivity contribution in [2.75, 3.05) is 13.2 Å². The molecule has 54 heavy (non-hydrogen) atoms. The van der Waals surface area contributed by atoms with Gasteiger partial charge in [0, 0.05) is 12.8 Å². The third kappa shape index (κ3) is 23.9. The van der Waals surface area contributed by atoms with Gasteiger partial charge in [0.05, 0.1) is 13.2 Å². The molecule has 0 spiro atoms. The van der Waals surface area contributed by atoms with Crippen LogP contribution in [0.25, 0.3) is 0 Å². The number of hydrogen-bond donors (Lipinski definition) is 0. The van der Waals surface area contributed by atoms with Gasteiger partial charge in [-0.05, 0) is 74.2 Å². The molecule has 2 aromatic rings. The van der Waals surface area contributed by atoms with E-state index in [9.17, 15) is 19.2 Å². The maximum Gasteiger partial charge on any atom is 0.311 e. The first-order valence-corrected chi connectivity index (χ1v) is 21.4. The summed E-state index contributed by atoms with van der Waals surface area (Å²) in [6, 6.07) is 12.4. The first kappa shape index (κ1) is 46.5. The number of ether oxygens (including phenoxy) is 4. The van der Waals surface area contributed by atoms with Crippen LogP contribution >= 0.6 is 0 Å². The Morgan fingerprint density at radius 2 is 0.685 bits per heavy atom. The van der Waals surface area contributed by atoms with E-state index in [0.29, 0.717) is 37.6 Å². The van der Waals surface area contributed by atoms with Gasteiger partial charge in [-0.25, -0.2) is 0 Å². The van der Waals surface area contributed by atoms with Crippen LogP contribution in [0.2, 0.25) is 0 Å². The summed E-state index contributed by atoms with van der Waals surface area (Å²) >= 11 is 0. The SMILES string of the molecule is CCCCCCCCCCCOc1ccc(OC(=O)CCCCCCCCC(=O)Oc2ccc(OCCCCCCCCCCC)ccc2=O)c(=O)cc1. The van der Waals surface area contributed by atoms with Crippen LogP contribution in [-0.2, 0) is 9.59 Å². The molecule has 0 unspecified atom stereocenters. The molecule has 0 aliphatic carbocycles. The molecule has 0 bridgehead atoms. The monoisotopic (exact) mass is 751 g/mol. The maximum absolute atomic E-state index is 12.4. The molecule has 0 aliphatic heterocycles. The Balaban J connectivity index is 1.53. The van der Waals surface area contributed by atoms with E-state index >= 15 is 0 Å². The van der Waals surface area contributed by atoms with E-state index in [1.165, 1.54) is 114 Å². The predicted octanol–water partition coefficient (Wildman–Crippen LogP) is 11.9. The summed E-state index contributed by atoms with van der Waals surface area (Å²) in [7, 11) is 0. The van der Waals surface area contributed by atoms with Crippen molar-refractivity contribution in [3.8, 4) is 23.0 Å². The lowest BCUT2D eigenvalue weighted by atomic mass is 10.1. The number of rotatable bonds is 33. The first-order valence-electron chi connectivity index (χ1n) is 21.4. The molecule has 0 atom stereocenters. The van der Waals surface area contributed by atoms with Crippen molar-refractivity contribution in [2.24, 2.45) is 0 Å². The van der Waals surface area contributed by atoms with Crippen molar-refractivity contribution >= 4 is 11.9 Å². The maximum atomic E-state index is 12.4. The zero-order valence-electron chi connectivity index (χ0n) is 33.7. The van der Waals surface area contributed by atoms with Gasteiger partial charge in [-0.2, -0.15) is 0 Å². The van der Waals surface area contributed by atoms with Crippen LogP contribution < -0.4 is 29.8 Å². The Bertz CT molecular complexity index is 1300. The first-order chi connectivity index (χ1) is 26.4. The molecule has 0 N–H and O–H groups in total. The second kappa shape index (κ2) is 31.6. The second-order valence-corrected chi connectivity index (χ2v) is 14.5. The highest BCUT2D eigenvalue weighted by molar-refractivity contribution is 5.72. The molecule has 302 valence electrons. The molecule has 0 aromatic heterocycles. The van der Waals surface area contributed by atoms with Crippen molar-refractivity contribution in [1.82, 2.24) is 0 Å². The van der Waals surface area contributed by atoms with Crippen LogP contribution in [0.15, 0.2) is 58.1 Å². The molecule has 0 radical (unpaired) electrons. The quantitative estimate of drug-likeness (QED) is 0.0524. The van der Waals surface area contributed by atoms with E-state index in [1.54, 1.807) is 24.3 Å². The Morgan fingerprint density at radius 3 is 1.04 bits per heavy atom. The Hall–Kier alpha value is -3.68. The minimum atomic E-state index is -0.428. The average molecular weight is 751 g/mol. The van der Waals surface area contributed by atoms with Crippen LogP contribution in [0.4, 0.5) is 0 Å². The van der Waals surface area contributed by atoms with Crippen LogP contribution in [0.3, 0.4) is 0 Å². The highest BCUT2D eigenvalue weighted by Crippen LogP contribution is 2.17. The van der Waals surface area contributed by atoms with Crippen LogP contribution in [0, 0.1) is 0 Å². The van der Waals surface area contributed by atoms with Crippen molar-refractivity contribution in [2.45, 2.75) is 181 Å². The van der Waals surface area contributed by atoms with Gasteiger partial charge in [-0.15, -0.1) is 0 Å².